The fraction of sp³-hybridized carbons (Fsp3) is 0.381. The zero-order valence-electron chi connectivity index (χ0n) is 15.9. The molecule has 4 atom stereocenters. The fourth-order valence-corrected chi connectivity index (χ4v) is 4.86. The highest BCUT2D eigenvalue weighted by atomic mass is 19.1. The van der Waals surface area contributed by atoms with Gasteiger partial charge in [-0.2, -0.15) is 4.39 Å². The number of hydrogen-bond donors (Lipinski definition) is 2. The largest absolute Gasteiger partial charge is 0.490 e. The minimum Gasteiger partial charge on any atom is -0.490 e. The fourth-order valence-electron chi connectivity index (χ4n) is 4.86. The Morgan fingerprint density at radius 1 is 1.34 bits per heavy atom. The molecular weight excluding hydrogens is 375 g/mol. The first-order valence-electron chi connectivity index (χ1n) is 9.65. The summed E-state index contributed by atoms with van der Waals surface area (Å²) in [6.07, 6.45) is 2.13. The highest BCUT2D eigenvalue weighted by molar-refractivity contribution is 6.07. The van der Waals surface area contributed by atoms with E-state index in [4.69, 9.17) is 10.5 Å². The van der Waals surface area contributed by atoms with Gasteiger partial charge in [-0.1, -0.05) is 6.07 Å². The molecule has 3 N–H and O–H groups in total. The van der Waals surface area contributed by atoms with E-state index >= 15 is 0 Å². The Hall–Kier alpha value is -3.00. The summed E-state index contributed by atoms with van der Waals surface area (Å²) in [5, 5.41) is 10.1. The van der Waals surface area contributed by atoms with Gasteiger partial charge in [0.1, 0.15) is 11.9 Å². The molecule has 2 aromatic rings. The second kappa shape index (κ2) is 6.25. The Labute approximate surface area is 167 Å². The lowest BCUT2D eigenvalue weighted by atomic mass is 9.67. The molecule has 3 heterocycles. The number of hydrogen-bond acceptors (Lipinski definition) is 6. The molecule has 0 radical (unpaired) electrons. The maximum atomic E-state index is 14.3. The van der Waals surface area contributed by atoms with Gasteiger partial charge in [0, 0.05) is 36.7 Å². The number of rotatable bonds is 1. The average molecular weight is 396 g/mol. The van der Waals surface area contributed by atoms with E-state index in [0.717, 1.165) is 0 Å². The summed E-state index contributed by atoms with van der Waals surface area (Å²) in [5.74, 6) is -0.424. The molecule has 2 aliphatic heterocycles. The molecule has 1 aliphatic carbocycles. The topological polar surface area (TPSA) is 101 Å². The number of nitrogens with zero attached hydrogens (tertiary/aromatic N) is 3. The van der Waals surface area contributed by atoms with E-state index in [0.29, 0.717) is 41.7 Å². The number of carbonyl (C=O) groups excluding carboxylic acids is 1. The molecule has 29 heavy (non-hydrogen) atoms. The van der Waals surface area contributed by atoms with Gasteiger partial charge in [-0.15, -0.1) is 0 Å². The number of nitrogens with two attached hydrogens (primary N) is 1. The molecule has 7 nitrogen and oxygen atoms in total. The van der Waals surface area contributed by atoms with Crippen molar-refractivity contribution in [1.82, 2.24) is 9.88 Å². The maximum absolute atomic E-state index is 14.3. The predicted octanol–water partition coefficient (Wildman–Crippen LogP) is 1.79. The summed E-state index contributed by atoms with van der Waals surface area (Å²) in [5.41, 5.74) is 6.32. The van der Waals surface area contributed by atoms with Crippen LogP contribution in [-0.4, -0.2) is 46.1 Å². The third kappa shape index (κ3) is 2.48. The van der Waals surface area contributed by atoms with E-state index < -0.39 is 17.6 Å². The van der Waals surface area contributed by atoms with Crippen LogP contribution in [0.1, 0.15) is 24.8 Å². The molecule has 1 fully saturated rings. The lowest BCUT2D eigenvalue weighted by molar-refractivity contribution is -0.138. The zero-order valence-corrected chi connectivity index (χ0v) is 15.9. The number of ether oxygens (including phenoxy) is 1. The van der Waals surface area contributed by atoms with Crippen LogP contribution in [0.15, 0.2) is 41.5 Å². The van der Waals surface area contributed by atoms with Crippen molar-refractivity contribution in [3.05, 3.63) is 48.0 Å². The molecule has 8 heteroatoms. The predicted molar refractivity (Wildman–Crippen MR) is 103 cm³/mol. The van der Waals surface area contributed by atoms with E-state index in [-0.39, 0.29) is 23.9 Å². The van der Waals surface area contributed by atoms with E-state index in [9.17, 15) is 14.3 Å². The van der Waals surface area contributed by atoms with Gasteiger partial charge in [0.25, 0.3) is 5.91 Å². The number of carbonyl (C=O) groups is 1. The summed E-state index contributed by atoms with van der Waals surface area (Å²) in [6.45, 7) is 0. The van der Waals surface area contributed by atoms with E-state index in [1.165, 1.54) is 11.1 Å². The third-order valence-electron chi connectivity index (χ3n) is 6.30. The molecule has 1 spiro atoms. The van der Waals surface area contributed by atoms with Crippen LogP contribution in [-0.2, 0) is 10.3 Å². The molecule has 4 unspecified atom stereocenters. The third-order valence-corrected chi connectivity index (χ3v) is 6.30. The van der Waals surface area contributed by atoms with Gasteiger partial charge < -0.3 is 15.6 Å². The van der Waals surface area contributed by atoms with Crippen LogP contribution in [0.25, 0.3) is 11.1 Å². The second-order valence-corrected chi connectivity index (χ2v) is 7.88. The van der Waals surface area contributed by atoms with Crippen molar-refractivity contribution >= 4 is 11.9 Å². The van der Waals surface area contributed by atoms with Crippen LogP contribution in [0, 0.1) is 11.9 Å². The second-order valence-electron chi connectivity index (χ2n) is 7.88. The Kier molecular flexibility index (Phi) is 3.89. The summed E-state index contributed by atoms with van der Waals surface area (Å²) in [7, 11) is 1.60. The number of aliphatic imine (C=N–C) groups is 1. The molecular formula is C21H21FN4O3. The van der Waals surface area contributed by atoms with Crippen molar-refractivity contribution in [3.8, 4) is 16.9 Å². The number of pyridine rings is 1. The van der Waals surface area contributed by atoms with Crippen LogP contribution in [0.4, 0.5) is 4.39 Å². The number of likely N-dealkylation sites (N-methyl/N-ethyl adjacent to an activating group) is 1. The van der Waals surface area contributed by atoms with Crippen LogP contribution in [0.5, 0.6) is 5.75 Å². The van der Waals surface area contributed by atoms with Gasteiger partial charge in [0.2, 0.25) is 5.95 Å². The number of benzene rings is 1. The Balaban J connectivity index is 1.73. The molecule has 1 aromatic heterocycles. The smallest absolute Gasteiger partial charge is 0.262 e. The van der Waals surface area contributed by atoms with Crippen LogP contribution >= 0.6 is 0 Å². The van der Waals surface area contributed by atoms with Crippen molar-refractivity contribution in [2.45, 2.75) is 37.0 Å². The Morgan fingerprint density at radius 3 is 2.90 bits per heavy atom. The van der Waals surface area contributed by atoms with E-state index in [2.05, 4.69) is 9.98 Å². The standard InChI is InChI=1S/C21H21FN4O3/c1-26-19(28)21(25-20(26)23)14-6-5-12(27)10-17(14)29-16-7-4-11(9-15(16)21)13-3-2-8-24-18(13)22/h2-4,7-9,12,14,17,27H,5-6,10H2,1H3,(H2,23,25). The first-order valence-corrected chi connectivity index (χ1v) is 9.65. The first kappa shape index (κ1) is 18.1. The van der Waals surface area contributed by atoms with Gasteiger partial charge in [0.05, 0.1) is 6.10 Å². The van der Waals surface area contributed by atoms with Gasteiger partial charge in [-0.25, -0.2) is 9.98 Å². The van der Waals surface area contributed by atoms with Crippen molar-refractivity contribution in [2.24, 2.45) is 16.6 Å². The molecule has 1 saturated carbocycles. The first-order chi connectivity index (χ1) is 13.9. The summed E-state index contributed by atoms with van der Waals surface area (Å²) < 4.78 is 20.5. The minimum absolute atomic E-state index is 0.144. The monoisotopic (exact) mass is 396 g/mol. The van der Waals surface area contributed by atoms with E-state index in [1.807, 2.05) is 0 Å². The summed E-state index contributed by atoms with van der Waals surface area (Å²) >= 11 is 0. The number of aliphatic hydroxyl groups is 1. The summed E-state index contributed by atoms with van der Waals surface area (Å²) in [4.78, 5) is 23.2. The molecule has 5 rings (SSSR count). The molecule has 1 aromatic carbocycles. The van der Waals surface area contributed by atoms with Crippen LogP contribution < -0.4 is 10.5 Å². The van der Waals surface area contributed by atoms with Crippen LogP contribution in [0.2, 0.25) is 0 Å². The number of fused-ring (bicyclic) bond motifs is 4. The lowest BCUT2D eigenvalue weighted by Gasteiger charge is -2.46. The number of aliphatic hydroxyl groups excluding tert-OH is 1. The number of aromatic nitrogens is 1. The Morgan fingerprint density at radius 2 is 2.17 bits per heavy atom. The highest BCUT2D eigenvalue weighted by Crippen LogP contribution is 2.53. The molecule has 150 valence electrons. The SMILES string of the molecule is CN1C(=O)C2(N=C1N)c1cc(-c3cccnc3F)ccc1OC1CC(O)CCC12. The highest BCUT2D eigenvalue weighted by Gasteiger charge is 2.60. The van der Waals surface area contributed by atoms with Gasteiger partial charge in [-0.3, -0.25) is 9.69 Å². The molecule has 3 aliphatic rings. The zero-order chi connectivity index (χ0) is 20.3. The van der Waals surface area contributed by atoms with Crippen LogP contribution in [0.3, 0.4) is 0 Å². The van der Waals surface area contributed by atoms with E-state index in [1.54, 1.807) is 37.4 Å². The molecule has 0 saturated heterocycles. The van der Waals surface area contributed by atoms with Crippen molar-refractivity contribution in [1.29, 1.82) is 0 Å². The number of halogens is 1. The number of guanidine groups is 1. The van der Waals surface area contributed by atoms with Gasteiger partial charge in [-0.05, 0) is 42.7 Å². The molecule has 1 amide bonds. The minimum atomic E-state index is -1.23. The summed E-state index contributed by atoms with van der Waals surface area (Å²) in [6, 6.07) is 8.52. The Bertz CT molecular complexity index is 1040. The number of amides is 1. The van der Waals surface area contributed by atoms with Crippen molar-refractivity contribution in [3.63, 3.8) is 0 Å². The van der Waals surface area contributed by atoms with Crippen molar-refractivity contribution < 1.29 is 19.0 Å². The molecule has 0 bridgehead atoms. The quantitative estimate of drug-likeness (QED) is 0.716. The average Bonchev–Trinajstić information content (AvgIpc) is 2.93. The normalized spacial score (nSPS) is 30.6. The van der Waals surface area contributed by atoms with Crippen molar-refractivity contribution in [2.75, 3.05) is 7.05 Å². The maximum Gasteiger partial charge on any atom is 0.262 e. The van der Waals surface area contributed by atoms with Gasteiger partial charge >= 0.3 is 0 Å². The lowest BCUT2D eigenvalue weighted by Crippen LogP contribution is -2.55. The van der Waals surface area contributed by atoms with Gasteiger partial charge in [0.15, 0.2) is 11.5 Å².